The van der Waals surface area contributed by atoms with E-state index >= 15 is 0 Å². The van der Waals surface area contributed by atoms with Gasteiger partial charge in [-0.3, -0.25) is 9.00 Å². The number of hydrogen-bond donors (Lipinski definition) is 2. The molecule has 0 heterocycles. The zero-order valence-corrected chi connectivity index (χ0v) is 12.4. The molecule has 0 saturated heterocycles. The van der Waals surface area contributed by atoms with E-state index in [1.54, 1.807) is 18.2 Å². The molecule has 0 aliphatic heterocycles. The molecule has 0 aromatic heterocycles. The number of nitrogens with one attached hydrogen (secondary N) is 2. The van der Waals surface area contributed by atoms with Gasteiger partial charge >= 0.3 is 0 Å². The van der Waals surface area contributed by atoms with Gasteiger partial charge in [-0.25, -0.2) is 0 Å². The summed E-state index contributed by atoms with van der Waals surface area (Å²) in [4.78, 5) is 11.8. The van der Waals surface area contributed by atoms with Crippen molar-refractivity contribution in [3.05, 3.63) is 28.2 Å². The van der Waals surface area contributed by atoms with Crippen LogP contribution in [0.3, 0.4) is 0 Å². The molecule has 1 unspecified atom stereocenters. The second-order valence-electron chi connectivity index (χ2n) is 3.94. The van der Waals surface area contributed by atoms with Crippen molar-refractivity contribution in [2.24, 2.45) is 0 Å². The van der Waals surface area contributed by atoms with Crippen LogP contribution in [0.5, 0.6) is 0 Å². The summed E-state index contributed by atoms with van der Waals surface area (Å²) in [5.41, 5.74) is 1.07. The molecule has 2 N–H and O–H groups in total. The third kappa shape index (κ3) is 4.75. The lowest BCUT2D eigenvalue weighted by molar-refractivity contribution is 0.0960. The normalized spacial score (nSPS) is 12.3. The van der Waals surface area contributed by atoms with Crippen LogP contribution in [0.4, 0.5) is 5.69 Å². The lowest BCUT2D eigenvalue weighted by Gasteiger charge is -2.15. The Morgan fingerprint density at radius 1 is 1.50 bits per heavy atom. The van der Waals surface area contributed by atoms with E-state index in [9.17, 15) is 13.6 Å². The molecule has 5 nitrogen and oxygen atoms in total. The summed E-state index contributed by atoms with van der Waals surface area (Å²) in [5, 5.41) is 5.46. The summed E-state index contributed by atoms with van der Waals surface area (Å²) in [6.07, 6.45) is 0. The van der Waals surface area contributed by atoms with Crippen LogP contribution in [0.2, 0.25) is 0 Å². The number of rotatable bonds is 5. The molecule has 18 heavy (non-hydrogen) atoms. The molecule has 1 aromatic carbocycles. The maximum atomic E-state index is 11.8. The van der Waals surface area contributed by atoms with Crippen molar-refractivity contribution < 1.29 is 13.6 Å². The van der Waals surface area contributed by atoms with Crippen LogP contribution in [-0.2, 0) is 11.1 Å². The van der Waals surface area contributed by atoms with Gasteiger partial charge in [-0.2, -0.15) is 0 Å². The molecule has 1 atom stereocenters. The van der Waals surface area contributed by atoms with Crippen molar-refractivity contribution in [1.29, 1.82) is 0 Å². The number of amides is 1. The molecule has 1 rings (SSSR count). The largest absolute Gasteiger partial charge is 0.771 e. The minimum Gasteiger partial charge on any atom is -0.771 e. The second-order valence-corrected chi connectivity index (χ2v) is 5.75. The molecule has 0 fully saturated rings. The minimum absolute atomic E-state index is 0.166. The lowest BCUT2D eigenvalue weighted by Crippen LogP contribution is -2.28. The molecular weight excluding hydrogens is 320 g/mol. The smallest absolute Gasteiger partial charge is 0.254 e. The third-order valence-electron chi connectivity index (χ3n) is 2.02. The van der Waals surface area contributed by atoms with Crippen molar-refractivity contribution in [3.63, 3.8) is 0 Å². The van der Waals surface area contributed by atoms with E-state index in [0.717, 1.165) is 4.47 Å². The summed E-state index contributed by atoms with van der Waals surface area (Å²) >= 11 is 1.03. The van der Waals surface area contributed by atoms with Crippen molar-refractivity contribution in [2.45, 2.75) is 19.9 Å². The van der Waals surface area contributed by atoms with Gasteiger partial charge in [0.2, 0.25) is 0 Å². The highest BCUT2D eigenvalue weighted by Crippen LogP contribution is 2.22. The number of hydrogen-bond acceptors (Lipinski definition) is 4. The molecule has 0 radical (unpaired) electrons. The quantitative estimate of drug-likeness (QED) is 0.805. The van der Waals surface area contributed by atoms with Crippen LogP contribution in [0.25, 0.3) is 0 Å². The van der Waals surface area contributed by atoms with Crippen molar-refractivity contribution in [3.8, 4) is 0 Å². The highest BCUT2D eigenvalue weighted by atomic mass is 79.9. The van der Waals surface area contributed by atoms with Gasteiger partial charge in [0, 0.05) is 16.2 Å². The lowest BCUT2D eigenvalue weighted by atomic mass is 10.1. The molecule has 100 valence electrons. The van der Waals surface area contributed by atoms with Gasteiger partial charge in [-0.1, -0.05) is 15.9 Å². The highest BCUT2D eigenvalue weighted by molar-refractivity contribution is 9.10. The van der Waals surface area contributed by atoms with Crippen LogP contribution >= 0.6 is 15.9 Å². The Bertz CT molecular complexity index is 466. The van der Waals surface area contributed by atoms with E-state index in [1.165, 1.54) is 0 Å². The van der Waals surface area contributed by atoms with Gasteiger partial charge in [0.25, 0.3) is 5.91 Å². The molecule has 0 bridgehead atoms. The summed E-state index contributed by atoms with van der Waals surface area (Å²) < 4.78 is 21.7. The zero-order chi connectivity index (χ0) is 13.7. The Labute approximate surface area is 117 Å². The molecule has 0 spiro atoms. The van der Waals surface area contributed by atoms with E-state index in [0.29, 0.717) is 11.3 Å². The SMILES string of the molecule is CC(C)Nc1cc(Br)ccc1C(=O)NCS(=O)[O-]. The predicted octanol–water partition coefficient (Wildman–Crippen LogP) is 1.84. The number of carbonyl (C=O) groups excluding carboxylic acids is 1. The van der Waals surface area contributed by atoms with Crippen LogP contribution < -0.4 is 10.6 Å². The first kappa shape index (κ1) is 15.1. The van der Waals surface area contributed by atoms with Gasteiger partial charge in [-0.15, -0.1) is 0 Å². The van der Waals surface area contributed by atoms with E-state index in [2.05, 4.69) is 26.6 Å². The Balaban J connectivity index is 2.92. The van der Waals surface area contributed by atoms with Crippen molar-refractivity contribution in [2.75, 3.05) is 11.2 Å². The van der Waals surface area contributed by atoms with Crippen LogP contribution in [0.15, 0.2) is 22.7 Å². The zero-order valence-electron chi connectivity index (χ0n) is 10.0. The minimum atomic E-state index is -2.29. The predicted molar refractivity (Wildman–Crippen MR) is 74.2 cm³/mol. The third-order valence-corrected chi connectivity index (χ3v) is 2.89. The molecule has 0 saturated carbocycles. The first-order valence-corrected chi connectivity index (χ1v) is 7.34. The van der Waals surface area contributed by atoms with Crippen LogP contribution in [0.1, 0.15) is 24.2 Å². The molecular formula is C11H14BrN2O3S-. The van der Waals surface area contributed by atoms with Crippen LogP contribution in [-0.4, -0.2) is 26.6 Å². The topological polar surface area (TPSA) is 81.3 Å². The number of carbonyl (C=O) groups is 1. The monoisotopic (exact) mass is 333 g/mol. The van der Waals surface area contributed by atoms with Crippen LogP contribution in [0, 0.1) is 0 Å². The average Bonchev–Trinajstić information content (AvgIpc) is 2.25. The Hall–Kier alpha value is -0.920. The molecule has 1 aromatic rings. The fraction of sp³-hybridized carbons (Fsp3) is 0.364. The summed E-state index contributed by atoms with van der Waals surface area (Å²) in [6.45, 7) is 3.91. The number of anilines is 1. The van der Waals surface area contributed by atoms with Gasteiger partial charge < -0.3 is 15.2 Å². The van der Waals surface area contributed by atoms with E-state index in [4.69, 9.17) is 0 Å². The Kier molecular flexibility index (Phi) is 5.77. The van der Waals surface area contributed by atoms with E-state index < -0.39 is 22.9 Å². The van der Waals surface area contributed by atoms with E-state index in [1.807, 2.05) is 13.8 Å². The van der Waals surface area contributed by atoms with Gasteiger partial charge in [0.1, 0.15) is 0 Å². The highest BCUT2D eigenvalue weighted by Gasteiger charge is 2.12. The second kappa shape index (κ2) is 6.86. The fourth-order valence-corrected chi connectivity index (χ4v) is 1.97. The Morgan fingerprint density at radius 3 is 2.72 bits per heavy atom. The number of benzene rings is 1. The molecule has 1 amide bonds. The average molecular weight is 334 g/mol. The van der Waals surface area contributed by atoms with Gasteiger partial charge in [0.15, 0.2) is 0 Å². The summed E-state index contributed by atoms with van der Waals surface area (Å²) in [5.74, 6) is -0.814. The summed E-state index contributed by atoms with van der Waals surface area (Å²) in [7, 11) is 0. The Morgan fingerprint density at radius 2 is 2.17 bits per heavy atom. The van der Waals surface area contributed by atoms with Crippen molar-refractivity contribution in [1.82, 2.24) is 5.32 Å². The maximum absolute atomic E-state index is 11.8. The standard InChI is InChI=1S/C11H15BrN2O3S/c1-7(2)14-10-5-8(12)3-4-9(10)11(15)13-6-18(16)17/h3-5,7,14H,6H2,1-2H3,(H,13,15)(H,16,17)/p-1. The van der Waals surface area contributed by atoms with Gasteiger partial charge in [0.05, 0.1) is 11.4 Å². The van der Waals surface area contributed by atoms with E-state index in [-0.39, 0.29) is 6.04 Å². The molecule has 0 aliphatic rings. The first-order valence-electron chi connectivity index (χ1n) is 5.30. The first-order chi connectivity index (χ1) is 8.40. The van der Waals surface area contributed by atoms with Crippen molar-refractivity contribution >= 4 is 38.6 Å². The molecule has 7 heteroatoms. The maximum Gasteiger partial charge on any atom is 0.254 e. The fourth-order valence-electron chi connectivity index (χ4n) is 1.36. The summed E-state index contributed by atoms with van der Waals surface area (Å²) in [6, 6.07) is 5.31. The molecule has 0 aliphatic carbocycles. The van der Waals surface area contributed by atoms with Gasteiger partial charge in [-0.05, 0) is 43.1 Å². The number of halogens is 1.